The first-order chi connectivity index (χ1) is 9.76. The van der Waals surface area contributed by atoms with Crippen molar-refractivity contribution in [1.29, 1.82) is 0 Å². The summed E-state index contributed by atoms with van der Waals surface area (Å²) in [5.74, 6) is 0.353. The van der Waals surface area contributed by atoms with Crippen molar-refractivity contribution in [1.82, 2.24) is 5.16 Å². The molecule has 100 valence electrons. The van der Waals surface area contributed by atoms with Gasteiger partial charge >= 0.3 is 0 Å². The second-order valence-corrected chi connectivity index (χ2v) is 4.44. The minimum atomic E-state index is -0.280. The summed E-state index contributed by atoms with van der Waals surface area (Å²) >= 11 is 0. The zero-order chi connectivity index (χ0) is 13.9. The molecule has 0 bridgehead atoms. The molecule has 0 aliphatic rings. The SMILES string of the molecule is OCc1ccc(-c2cc(-c3ccc(F)cc3)no2)cc1. The fourth-order valence-corrected chi connectivity index (χ4v) is 1.94. The molecule has 4 heteroatoms. The van der Waals surface area contributed by atoms with Crippen LogP contribution in [0.1, 0.15) is 5.56 Å². The molecule has 1 N–H and O–H groups in total. The number of aromatic nitrogens is 1. The number of nitrogens with zero attached hydrogens (tertiary/aromatic N) is 1. The Hall–Kier alpha value is -2.46. The van der Waals surface area contributed by atoms with Crippen molar-refractivity contribution < 1.29 is 14.0 Å². The molecule has 0 saturated heterocycles. The topological polar surface area (TPSA) is 46.3 Å². The number of aliphatic hydroxyl groups excluding tert-OH is 1. The molecule has 0 unspecified atom stereocenters. The van der Waals surface area contributed by atoms with Crippen LogP contribution in [0.3, 0.4) is 0 Å². The van der Waals surface area contributed by atoms with Crippen molar-refractivity contribution in [2.75, 3.05) is 0 Å². The largest absolute Gasteiger partial charge is 0.392 e. The van der Waals surface area contributed by atoms with E-state index in [9.17, 15) is 4.39 Å². The highest BCUT2D eigenvalue weighted by atomic mass is 19.1. The van der Waals surface area contributed by atoms with Crippen molar-refractivity contribution in [2.24, 2.45) is 0 Å². The highest BCUT2D eigenvalue weighted by molar-refractivity contribution is 5.66. The van der Waals surface area contributed by atoms with Gasteiger partial charge in [0, 0.05) is 17.2 Å². The monoisotopic (exact) mass is 269 g/mol. The number of benzene rings is 2. The molecule has 20 heavy (non-hydrogen) atoms. The third kappa shape index (κ3) is 2.46. The minimum Gasteiger partial charge on any atom is -0.392 e. The molecule has 0 atom stereocenters. The molecular weight excluding hydrogens is 257 g/mol. The summed E-state index contributed by atoms with van der Waals surface area (Å²) in [4.78, 5) is 0. The normalized spacial score (nSPS) is 10.7. The molecule has 3 nitrogen and oxygen atoms in total. The number of aliphatic hydroxyl groups is 1. The second-order valence-electron chi connectivity index (χ2n) is 4.44. The first-order valence-electron chi connectivity index (χ1n) is 6.19. The van der Waals surface area contributed by atoms with Gasteiger partial charge in [-0.05, 0) is 29.8 Å². The van der Waals surface area contributed by atoms with E-state index in [0.717, 1.165) is 16.7 Å². The van der Waals surface area contributed by atoms with Gasteiger partial charge in [0.25, 0.3) is 0 Å². The van der Waals surface area contributed by atoms with E-state index in [2.05, 4.69) is 5.16 Å². The average molecular weight is 269 g/mol. The summed E-state index contributed by atoms with van der Waals surface area (Å²) in [7, 11) is 0. The Bertz CT molecular complexity index is 702. The van der Waals surface area contributed by atoms with Gasteiger partial charge in [-0.15, -0.1) is 0 Å². The zero-order valence-corrected chi connectivity index (χ0v) is 10.6. The maximum atomic E-state index is 12.9. The standard InChI is InChI=1S/C16H12FNO2/c17-14-7-5-12(6-8-14)15-9-16(20-18-15)13-3-1-11(10-19)2-4-13/h1-9,19H,10H2. The van der Waals surface area contributed by atoms with Gasteiger partial charge < -0.3 is 9.63 Å². The Kier molecular flexibility index (Phi) is 3.31. The molecule has 2 aromatic carbocycles. The van der Waals surface area contributed by atoms with Crippen molar-refractivity contribution in [2.45, 2.75) is 6.61 Å². The summed E-state index contributed by atoms with van der Waals surface area (Å²) in [6.45, 7) is 0.0114. The van der Waals surface area contributed by atoms with E-state index in [1.165, 1.54) is 12.1 Å². The Morgan fingerprint density at radius 2 is 1.60 bits per heavy atom. The molecule has 0 fully saturated rings. The van der Waals surface area contributed by atoms with Gasteiger partial charge in [-0.25, -0.2) is 4.39 Å². The minimum absolute atomic E-state index is 0.0114. The van der Waals surface area contributed by atoms with Crippen LogP contribution in [-0.2, 0) is 6.61 Å². The summed E-state index contributed by atoms with van der Waals surface area (Å²) in [6, 6.07) is 15.3. The van der Waals surface area contributed by atoms with Gasteiger partial charge in [-0.3, -0.25) is 0 Å². The molecule has 0 aliphatic heterocycles. The molecule has 1 heterocycles. The fraction of sp³-hybridized carbons (Fsp3) is 0.0625. The quantitative estimate of drug-likeness (QED) is 0.789. The first kappa shape index (κ1) is 12.6. The first-order valence-corrected chi connectivity index (χ1v) is 6.19. The van der Waals surface area contributed by atoms with Gasteiger partial charge in [0.05, 0.1) is 6.61 Å². The zero-order valence-electron chi connectivity index (χ0n) is 10.6. The maximum Gasteiger partial charge on any atom is 0.167 e. The molecular formula is C16H12FNO2. The van der Waals surface area contributed by atoms with Crippen molar-refractivity contribution in [3.8, 4) is 22.6 Å². The molecule has 0 spiro atoms. The lowest BCUT2D eigenvalue weighted by Gasteiger charge is -1.97. The van der Waals surface area contributed by atoms with Gasteiger partial charge in [0.15, 0.2) is 5.76 Å². The second kappa shape index (κ2) is 5.27. The van der Waals surface area contributed by atoms with E-state index in [1.54, 1.807) is 18.2 Å². The third-order valence-corrected chi connectivity index (χ3v) is 3.07. The van der Waals surface area contributed by atoms with Crippen LogP contribution in [0.5, 0.6) is 0 Å². The Balaban J connectivity index is 1.91. The molecule has 3 aromatic rings. The summed E-state index contributed by atoms with van der Waals surface area (Å²) in [6.07, 6.45) is 0. The van der Waals surface area contributed by atoms with Crippen LogP contribution < -0.4 is 0 Å². The van der Waals surface area contributed by atoms with Crippen LogP contribution in [0.15, 0.2) is 59.1 Å². The fourth-order valence-electron chi connectivity index (χ4n) is 1.94. The summed E-state index contributed by atoms with van der Waals surface area (Å²) < 4.78 is 18.2. The Morgan fingerprint density at radius 3 is 2.25 bits per heavy atom. The predicted molar refractivity (Wildman–Crippen MR) is 73.3 cm³/mol. The smallest absolute Gasteiger partial charge is 0.167 e. The van der Waals surface area contributed by atoms with Gasteiger partial charge in [-0.2, -0.15) is 0 Å². The molecule has 1 aromatic heterocycles. The summed E-state index contributed by atoms with van der Waals surface area (Å²) in [5, 5.41) is 13.0. The molecule has 0 aliphatic carbocycles. The van der Waals surface area contributed by atoms with Crippen molar-refractivity contribution >= 4 is 0 Å². The lowest BCUT2D eigenvalue weighted by Crippen LogP contribution is -1.81. The Morgan fingerprint density at radius 1 is 0.950 bits per heavy atom. The number of hydrogen-bond donors (Lipinski definition) is 1. The highest BCUT2D eigenvalue weighted by Gasteiger charge is 2.08. The number of rotatable bonds is 3. The maximum absolute atomic E-state index is 12.9. The lowest BCUT2D eigenvalue weighted by molar-refractivity contribution is 0.282. The van der Waals surface area contributed by atoms with Crippen LogP contribution in [0.4, 0.5) is 4.39 Å². The van der Waals surface area contributed by atoms with Crippen LogP contribution in [-0.4, -0.2) is 10.3 Å². The molecule has 0 saturated carbocycles. The van der Waals surface area contributed by atoms with E-state index in [-0.39, 0.29) is 12.4 Å². The molecule has 0 amide bonds. The van der Waals surface area contributed by atoms with Crippen LogP contribution in [0.25, 0.3) is 22.6 Å². The highest BCUT2D eigenvalue weighted by Crippen LogP contribution is 2.26. The molecule has 0 radical (unpaired) electrons. The van der Waals surface area contributed by atoms with E-state index in [0.29, 0.717) is 11.5 Å². The Labute approximate surface area is 115 Å². The van der Waals surface area contributed by atoms with E-state index in [4.69, 9.17) is 9.63 Å². The lowest BCUT2D eigenvalue weighted by atomic mass is 10.1. The van der Waals surface area contributed by atoms with E-state index in [1.807, 2.05) is 24.3 Å². The van der Waals surface area contributed by atoms with Gasteiger partial charge in [0.2, 0.25) is 0 Å². The van der Waals surface area contributed by atoms with Crippen LogP contribution >= 0.6 is 0 Å². The number of halogens is 1. The van der Waals surface area contributed by atoms with E-state index >= 15 is 0 Å². The number of hydrogen-bond acceptors (Lipinski definition) is 3. The van der Waals surface area contributed by atoms with Crippen molar-refractivity contribution in [3.63, 3.8) is 0 Å². The van der Waals surface area contributed by atoms with Gasteiger partial charge in [-0.1, -0.05) is 29.4 Å². The van der Waals surface area contributed by atoms with Crippen molar-refractivity contribution in [3.05, 3.63) is 66.0 Å². The third-order valence-electron chi connectivity index (χ3n) is 3.07. The predicted octanol–water partition coefficient (Wildman–Crippen LogP) is 3.64. The van der Waals surface area contributed by atoms with Crippen LogP contribution in [0.2, 0.25) is 0 Å². The molecule has 3 rings (SSSR count). The van der Waals surface area contributed by atoms with Crippen LogP contribution in [0, 0.1) is 5.82 Å². The summed E-state index contributed by atoms with van der Waals surface area (Å²) in [5.41, 5.74) is 3.18. The van der Waals surface area contributed by atoms with E-state index < -0.39 is 0 Å². The average Bonchev–Trinajstić information content (AvgIpc) is 2.98. The van der Waals surface area contributed by atoms with Gasteiger partial charge in [0.1, 0.15) is 11.5 Å².